The first-order valence-electron chi connectivity index (χ1n) is 5.24. The van der Waals surface area contributed by atoms with Gasteiger partial charge < -0.3 is 5.32 Å². The third-order valence-electron chi connectivity index (χ3n) is 2.76. The summed E-state index contributed by atoms with van der Waals surface area (Å²) in [6, 6.07) is 8.99. The maximum absolute atomic E-state index is 3.57. The van der Waals surface area contributed by atoms with Gasteiger partial charge in [-0.2, -0.15) is 0 Å². The van der Waals surface area contributed by atoms with Crippen LogP contribution in [-0.4, -0.2) is 6.54 Å². The molecular formula is C12H16BrN. The maximum Gasteiger partial charge on any atom is 0.0292 e. The standard InChI is InChI=1S/C12H16BrN/c1-9(14-8-10-5-6-10)11-3-2-4-12(13)7-11/h2-4,7,9-10,14H,5-6,8H2,1H3. The Labute approximate surface area is 94.0 Å². The number of benzene rings is 1. The Kier molecular flexibility index (Phi) is 3.24. The van der Waals surface area contributed by atoms with E-state index in [1.807, 2.05) is 0 Å². The van der Waals surface area contributed by atoms with Crippen molar-refractivity contribution >= 4 is 15.9 Å². The molecule has 1 aliphatic carbocycles. The summed E-state index contributed by atoms with van der Waals surface area (Å²) in [5, 5.41) is 3.57. The van der Waals surface area contributed by atoms with Crippen LogP contribution in [-0.2, 0) is 0 Å². The van der Waals surface area contributed by atoms with E-state index in [2.05, 4.69) is 52.4 Å². The van der Waals surface area contributed by atoms with Gasteiger partial charge in [-0.05, 0) is 49.9 Å². The van der Waals surface area contributed by atoms with Crippen molar-refractivity contribution in [2.75, 3.05) is 6.54 Å². The fourth-order valence-corrected chi connectivity index (χ4v) is 1.98. The molecular weight excluding hydrogens is 238 g/mol. The summed E-state index contributed by atoms with van der Waals surface area (Å²) in [5.41, 5.74) is 1.36. The molecule has 0 aliphatic heterocycles. The lowest BCUT2D eigenvalue weighted by Gasteiger charge is -2.14. The molecule has 1 N–H and O–H groups in total. The van der Waals surface area contributed by atoms with Crippen molar-refractivity contribution in [2.45, 2.75) is 25.8 Å². The SMILES string of the molecule is CC(NCC1CC1)c1cccc(Br)c1. The minimum atomic E-state index is 0.466. The first-order chi connectivity index (χ1) is 6.75. The molecule has 76 valence electrons. The number of nitrogens with one attached hydrogen (secondary N) is 1. The van der Waals surface area contributed by atoms with Crippen molar-refractivity contribution in [1.82, 2.24) is 5.32 Å². The predicted octanol–water partition coefficient (Wildman–Crippen LogP) is 3.51. The van der Waals surface area contributed by atoms with Gasteiger partial charge in [0.05, 0.1) is 0 Å². The zero-order valence-corrected chi connectivity index (χ0v) is 10.0. The van der Waals surface area contributed by atoms with E-state index in [0.29, 0.717) is 6.04 Å². The molecule has 0 aromatic heterocycles. The molecule has 0 saturated heterocycles. The van der Waals surface area contributed by atoms with Gasteiger partial charge in [-0.1, -0.05) is 28.1 Å². The first kappa shape index (κ1) is 10.2. The first-order valence-corrected chi connectivity index (χ1v) is 6.04. The van der Waals surface area contributed by atoms with Crippen molar-refractivity contribution in [2.24, 2.45) is 5.92 Å². The fraction of sp³-hybridized carbons (Fsp3) is 0.500. The van der Waals surface area contributed by atoms with Gasteiger partial charge in [0.1, 0.15) is 0 Å². The molecule has 0 heterocycles. The van der Waals surface area contributed by atoms with E-state index >= 15 is 0 Å². The van der Waals surface area contributed by atoms with Gasteiger partial charge in [-0.3, -0.25) is 0 Å². The average molecular weight is 254 g/mol. The van der Waals surface area contributed by atoms with Gasteiger partial charge in [0.15, 0.2) is 0 Å². The minimum Gasteiger partial charge on any atom is -0.310 e. The molecule has 1 aromatic carbocycles. The second-order valence-electron chi connectivity index (χ2n) is 4.13. The monoisotopic (exact) mass is 253 g/mol. The molecule has 1 saturated carbocycles. The summed E-state index contributed by atoms with van der Waals surface area (Å²) in [5.74, 6) is 0.949. The van der Waals surface area contributed by atoms with Gasteiger partial charge in [0, 0.05) is 10.5 Å². The lowest BCUT2D eigenvalue weighted by Crippen LogP contribution is -2.20. The zero-order valence-electron chi connectivity index (χ0n) is 8.46. The third kappa shape index (κ3) is 2.82. The minimum absolute atomic E-state index is 0.466. The van der Waals surface area contributed by atoms with E-state index in [1.165, 1.54) is 24.9 Å². The highest BCUT2D eigenvalue weighted by atomic mass is 79.9. The van der Waals surface area contributed by atoms with Gasteiger partial charge in [-0.15, -0.1) is 0 Å². The lowest BCUT2D eigenvalue weighted by molar-refractivity contribution is 0.548. The van der Waals surface area contributed by atoms with Crippen LogP contribution in [0.5, 0.6) is 0 Å². The summed E-state index contributed by atoms with van der Waals surface area (Å²) in [4.78, 5) is 0. The summed E-state index contributed by atoms with van der Waals surface area (Å²) >= 11 is 3.50. The smallest absolute Gasteiger partial charge is 0.0292 e. The second kappa shape index (κ2) is 4.45. The number of hydrogen-bond donors (Lipinski definition) is 1. The molecule has 1 nitrogen and oxygen atoms in total. The number of rotatable bonds is 4. The van der Waals surface area contributed by atoms with Crippen LogP contribution in [0.25, 0.3) is 0 Å². The highest BCUT2D eigenvalue weighted by molar-refractivity contribution is 9.10. The Balaban J connectivity index is 1.91. The van der Waals surface area contributed by atoms with E-state index in [4.69, 9.17) is 0 Å². The van der Waals surface area contributed by atoms with Crippen molar-refractivity contribution in [3.8, 4) is 0 Å². The zero-order chi connectivity index (χ0) is 9.97. The predicted molar refractivity (Wildman–Crippen MR) is 63.3 cm³/mol. The summed E-state index contributed by atoms with van der Waals surface area (Å²) in [7, 11) is 0. The van der Waals surface area contributed by atoms with Gasteiger partial charge >= 0.3 is 0 Å². The Morgan fingerprint density at radius 3 is 2.93 bits per heavy atom. The van der Waals surface area contributed by atoms with Crippen LogP contribution in [0.15, 0.2) is 28.7 Å². The molecule has 1 unspecified atom stereocenters. The maximum atomic E-state index is 3.57. The fourth-order valence-electron chi connectivity index (χ4n) is 1.56. The molecule has 0 bridgehead atoms. The van der Waals surface area contributed by atoms with E-state index < -0.39 is 0 Å². The molecule has 1 aliphatic rings. The number of halogens is 1. The van der Waals surface area contributed by atoms with Crippen molar-refractivity contribution in [3.05, 3.63) is 34.3 Å². The molecule has 1 fully saturated rings. The van der Waals surface area contributed by atoms with Gasteiger partial charge in [0.25, 0.3) is 0 Å². The molecule has 0 radical (unpaired) electrons. The quantitative estimate of drug-likeness (QED) is 0.866. The lowest BCUT2D eigenvalue weighted by atomic mass is 10.1. The highest BCUT2D eigenvalue weighted by Gasteiger charge is 2.21. The Bertz CT molecular complexity index is 307. The Morgan fingerprint density at radius 1 is 1.50 bits per heavy atom. The van der Waals surface area contributed by atoms with Gasteiger partial charge in [-0.25, -0.2) is 0 Å². The van der Waals surface area contributed by atoms with Crippen LogP contribution < -0.4 is 5.32 Å². The highest BCUT2D eigenvalue weighted by Crippen LogP contribution is 2.28. The Hall–Kier alpha value is -0.340. The van der Waals surface area contributed by atoms with Crippen LogP contribution >= 0.6 is 15.9 Å². The van der Waals surface area contributed by atoms with E-state index in [0.717, 1.165) is 10.4 Å². The topological polar surface area (TPSA) is 12.0 Å². The van der Waals surface area contributed by atoms with Crippen LogP contribution in [0.2, 0.25) is 0 Å². The number of hydrogen-bond acceptors (Lipinski definition) is 1. The average Bonchev–Trinajstić information content (AvgIpc) is 2.97. The second-order valence-corrected chi connectivity index (χ2v) is 5.04. The van der Waals surface area contributed by atoms with E-state index in [-0.39, 0.29) is 0 Å². The van der Waals surface area contributed by atoms with E-state index in [1.54, 1.807) is 0 Å². The largest absolute Gasteiger partial charge is 0.310 e. The molecule has 2 heteroatoms. The molecule has 14 heavy (non-hydrogen) atoms. The van der Waals surface area contributed by atoms with Gasteiger partial charge in [0.2, 0.25) is 0 Å². The van der Waals surface area contributed by atoms with Crippen molar-refractivity contribution in [1.29, 1.82) is 0 Å². The van der Waals surface area contributed by atoms with Crippen LogP contribution in [0.1, 0.15) is 31.4 Å². The van der Waals surface area contributed by atoms with Crippen LogP contribution in [0.3, 0.4) is 0 Å². The molecule has 0 spiro atoms. The normalized spacial score (nSPS) is 18.1. The van der Waals surface area contributed by atoms with Crippen molar-refractivity contribution < 1.29 is 0 Å². The molecule has 1 aromatic rings. The summed E-state index contributed by atoms with van der Waals surface area (Å²) in [6.45, 7) is 3.40. The molecule has 0 amide bonds. The summed E-state index contributed by atoms with van der Waals surface area (Å²) in [6.07, 6.45) is 2.83. The van der Waals surface area contributed by atoms with E-state index in [9.17, 15) is 0 Å². The van der Waals surface area contributed by atoms with Crippen LogP contribution in [0, 0.1) is 5.92 Å². The third-order valence-corrected chi connectivity index (χ3v) is 3.25. The molecule has 2 rings (SSSR count). The molecule has 1 atom stereocenters. The van der Waals surface area contributed by atoms with Crippen LogP contribution in [0.4, 0.5) is 0 Å². The van der Waals surface area contributed by atoms with Crippen molar-refractivity contribution in [3.63, 3.8) is 0 Å². The Morgan fingerprint density at radius 2 is 2.29 bits per heavy atom. The summed E-state index contributed by atoms with van der Waals surface area (Å²) < 4.78 is 1.16.